The van der Waals surface area contributed by atoms with Crippen LogP contribution < -0.4 is 15.6 Å². The topological polar surface area (TPSA) is 96.1 Å². The van der Waals surface area contributed by atoms with E-state index in [0.29, 0.717) is 11.3 Å². The van der Waals surface area contributed by atoms with E-state index in [0.717, 1.165) is 21.8 Å². The second kappa shape index (κ2) is 9.97. The first-order chi connectivity index (χ1) is 15.6. The molecule has 0 radical (unpaired) electrons. The Labute approximate surface area is 187 Å². The number of aromatic nitrogens is 2. The second-order valence-electron chi connectivity index (χ2n) is 6.79. The highest BCUT2D eigenvalue weighted by atomic mass is 32.2. The van der Waals surface area contributed by atoms with Gasteiger partial charge in [0.25, 0.3) is 11.8 Å². The number of rotatable bonds is 7. The normalized spacial score (nSPS) is 10.7. The summed E-state index contributed by atoms with van der Waals surface area (Å²) in [4.78, 5) is 31.8. The standard InChI is InChI=1S/C23H19FN4O3S/c24-17-4-3-5-18(12-17)31-13-21(29)27-28-22(30)16-10-8-15(9-11-16)14-32-23-25-19-6-1-2-7-20(19)26-23/h1-12H,13-14H2,(H,25,26)(H,27,29)(H,28,30). The number of hydrazine groups is 1. The van der Waals surface area contributed by atoms with Crippen molar-refractivity contribution in [2.24, 2.45) is 0 Å². The van der Waals surface area contributed by atoms with Gasteiger partial charge in [0.2, 0.25) is 0 Å². The van der Waals surface area contributed by atoms with Crippen molar-refractivity contribution < 1.29 is 18.7 Å². The Morgan fingerprint density at radius 1 is 1.00 bits per heavy atom. The van der Waals surface area contributed by atoms with E-state index in [1.54, 1.807) is 23.9 Å². The quantitative estimate of drug-likeness (QED) is 0.294. The third kappa shape index (κ3) is 5.64. The molecule has 0 fully saturated rings. The van der Waals surface area contributed by atoms with Gasteiger partial charge < -0.3 is 9.72 Å². The van der Waals surface area contributed by atoms with Gasteiger partial charge in [-0.1, -0.05) is 42.1 Å². The van der Waals surface area contributed by atoms with Crippen molar-refractivity contribution in [1.29, 1.82) is 0 Å². The number of hydrogen-bond donors (Lipinski definition) is 3. The fourth-order valence-corrected chi connectivity index (χ4v) is 3.68. The molecule has 1 heterocycles. The minimum Gasteiger partial charge on any atom is -0.484 e. The predicted molar refractivity (Wildman–Crippen MR) is 120 cm³/mol. The molecule has 0 aliphatic carbocycles. The molecular formula is C23H19FN4O3S. The van der Waals surface area contributed by atoms with E-state index in [1.807, 2.05) is 36.4 Å². The summed E-state index contributed by atoms with van der Waals surface area (Å²) >= 11 is 1.57. The molecule has 1 aromatic heterocycles. The first-order valence-corrected chi connectivity index (χ1v) is 10.7. The van der Waals surface area contributed by atoms with Gasteiger partial charge in [0.05, 0.1) is 11.0 Å². The monoisotopic (exact) mass is 450 g/mol. The maximum Gasteiger partial charge on any atom is 0.276 e. The van der Waals surface area contributed by atoms with Crippen LogP contribution in [-0.2, 0) is 10.5 Å². The number of hydrogen-bond acceptors (Lipinski definition) is 5. The van der Waals surface area contributed by atoms with Crippen LogP contribution in [0.1, 0.15) is 15.9 Å². The van der Waals surface area contributed by atoms with Crippen LogP contribution in [0.4, 0.5) is 4.39 Å². The van der Waals surface area contributed by atoms with Crippen LogP contribution in [0.3, 0.4) is 0 Å². The van der Waals surface area contributed by atoms with E-state index in [1.165, 1.54) is 24.3 Å². The predicted octanol–water partition coefficient (Wildman–Crippen LogP) is 3.83. The highest BCUT2D eigenvalue weighted by Gasteiger charge is 2.09. The fourth-order valence-electron chi connectivity index (χ4n) is 2.84. The molecule has 7 nitrogen and oxygen atoms in total. The number of carbonyl (C=O) groups excluding carboxylic acids is 2. The molecule has 9 heteroatoms. The summed E-state index contributed by atoms with van der Waals surface area (Å²) < 4.78 is 18.3. The zero-order valence-corrected chi connectivity index (χ0v) is 17.6. The lowest BCUT2D eigenvalue weighted by atomic mass is 10.1. The van der Waals surface area contributed by atoms with Gasteiger partial charge in [-0.25, -0.2) is 9.37 Å². The molecule has 0 aliphatic rings. The Morgan fingerprint density at radius 3 is 2.59 bits per heavy atom. The number of carbonyl (C=O) groups is 2. The highest BCUT2D eigenvalue weighted by Crippen LogP contribution is 2.23. The average Bonchev–Trinajstić information content (AvgIpc) is 3.23. The van der Waals surface area contributed by atoms with Crippen LogP contribution in [0.2, 0.25) is 0 Å². The molecule has 2 amide bonds. The van der Waals surface area contributed by atoms with Gasteiger partial charge in [-0.15, -0.1) is 0 Å². The summed E-state index contributed by atoms with van der Waals surface area (Å²) in [6, 6.07) is 20.3. The Balaban J connectivity index is 1.23. The smallest absolute Gasteiger partial charge is 0.276 e. The molecule has 32 heavy (non-hydrogen) atoms. The molecule has 0 spiro atoms. The average molecular weight is 450 g/mol. The van der Waals surface area contributed by atoms with Crippen molar-refractivity contribution in [3.05, 3.63) is 89.7 Å². The lowest BCUT2D eigenvalue weighted by Crippen LogP contribution is -2.43. The number of amides is 2. The summed E-state index contributed by atoms with van der Waals surface area (Å²) in [5, 5.41) is 0.830. The first-order valence-electron chi connectivity index (χ1n) is 9.71. The molecule has 0 unspecified atom stereocenters. The number of para-hydroxylation sites is 2. The van der Waals surface area contributed by atoms with Gasteiger partial charge in [0.1, 0.15) is 11.6 Å². The molecule has 3 N–H and O–H groups in total. The van der Waals surface area contributed by atoms with E-state index in [9.17, 15) is 14.0 Å². The molecule has 0 saturated carbocycles. The third-order valence-corrected chi connectivity index (χ3v) is 5.39. The molecule has 4 rings (SSSR count). The van der Waals surface area contributed by atoms with Crippen molar-refractivity contribution in [3.8, 4) is 5.75 Å². The molecule has 162 valence electrons. The van der Waals surface area contributed by atoms with Crippen LogP contribution in [0.5, 0.6) is 5.75 Å². The van der Waals surface area contributed by atoms with Crippen molar-refractivity contribution in [1.82, 2.24) is 20.8 Å². The zero-order valence-electron chi connectivity index (χ0n) is 16.8. The highest BCUT2D eigenvalue weighted by molar-refractivity contribution is 7.98. The molecular weight excluding hydrogens is 431 g/mol. The molecule has 0 aliphatic heterocycles. The molecule has 0 saturated heterocycles. The summed E-state index contributed by atoms with van der Waals surface area (Å²) in [5.41, 5.74) is 7.93. The van der Waals surface area contributed by atoms with Crippen LogP contribution in [0.25, 0.3) is 11.0 Å². The van der Waals surface area contributed by atoms with Gasteiger partial charge in [-0.05, 0) is 42.0 Å². The van der Waals surface area contributed by atoms with E-state index in [4.69, 9.17) is 4.74 Å². The maximum atomic E-state index is 13.1. The van der Waals surface area contributed by atoms with Crippen molar-refractivity contribution >= 4 is 34.6 Å². The number of H-pyrrole nitrogens is 1. The molecule has 3 aromatic carbocycles. The number of thioether (sulfide) groups is 1. The number of ether oxygens (including phenoxy) is 1. The number of fused-ring (bicyclic) bond motifs is 1. The van der Waals surface area contributed by atoms with Gasteiger partial charge in [0, 0.05) is 17.4 Å². The summed E-state index contributed by atoms with van der Waals surface area (Å²) in [7, 11) is 0. The van der Waals surface area contributed by atoms with Gasteiger partial charge in [0.15, 0.2) is 11.8 Å². The number of aromatic amines is 1. The van der Waals surface area contributed by atoms with Crippen molar-refractivity contribution in [2.75, 3.05) is 6.61 Å². The van der Waals surface area contributed by atoms with E-state index in [-0.39, 0.29) is 12.4 Å². The molecule has 0 bridgehead atoms. The summed E-state index contributed by atoms with van der Waals surface area (Å²) in [5.74, 6) is -0.573. The number of nitrogens with one attached hydrogen (secondary N) is 3. The van der Waals surface area contributed by atoms with Crippen LogP contribution in [0, 0.1) is 5.82 Å². The summed E-state index contributed by atoms with van der Waals surface area (Å²) in [6.45, 7) is -0.359. The van der Waals surface area contributed by atoms with Gasteiger partial charge >= 0.3 is 0 Å². The Morgan fingerprint density at radius 2 is 1.81 bits per heavy atom. The Bertz CT molecular complexity index is 1210. The minimum atomic E-state index is -0.568. The van der Waals surface area contributed by atoms with Crippen molar-refractivity contribution in [3.63, 3.8) is 0 Å². The Kier molecular flexibility index (Phi) is 6.66. The summed E-state index contributed by atoms with van der Waals surface area (Å²) in [6.07, 6.45) is 0. The SMILES string of the molecule is O=C(COc1cccc(F)c1)NNC(=O)c1ccc(CSc2nc3ccccc3[nH]2)cc1. The van der Waals surface area contributed by atoms with E-state index in [2.05, 4.69) is 20.8 Å². The number of halogens is 1. The minimum absolute atomic E-state index is 0.225. The maximum absolute atomic E-state index is 13.1. The van der Waals surface area contributed by atoms with Gasteiger partial charge in [-0.2, -0.15) is 0 Å². The second-order valence-corrected chi connectivity index (χ2v) is 7.76. The number of benzene rings is 3. The third-order valence-electron chi connectivity index (χ3n) is 4.44. The Hall–Kier alpha value is -3.85. The molecule has 0 atom stereocenters. The van der Waals surface area contributed by atoms with Crippen molar-refractivity contribution in [2.45, 2.75) is 10.9 Å². The first kappa shape index (κ1) is 21.4. The number of nitrogens with zero attached hydrogens (tertiary/aromatic N) is 1. The number of imidazole rings is 1. The van der Waals surface area contributed by atoms with Crippen LogP contribution >= 0.6 is 11.8 Å². The van der Waals surface area contributed by atoms with E-state index >= 15 is 0 Å². The zero-order chi connectivity index (χ0) is 22.3. The largest absolute Gasteiger partial charge is 0.484 e. The van der Waals surface area contributed by atoms with Gasteiger partial charge in [-0.3, -0.25) is 20.4 Å². The van der Waals surface area contributed by atoms with Crippen LogP contribution in [-0.4, -0.2) is 28.4 Å². The fraction of sp³-hybridized carbons (Fsp3) is 0.0870. The lowest BCUT2D eigenvalue weighted by Gasteiger charge is -2.09. The van der Waals surface area contributed by atoms with E-state index < -0.39 is 17.6 Å². The van der Waals surface area contributed by atoms with Crippen LogP contribution in [0.15, 0.2) is 78.0 Å². The molecule has 4 aromatic rings. The lowest BCUT2D eigenvalue weighted by molar-refractivity contribution is -0.123.